The van der Waals surface area contributed by atoms with Gasteiger partial charge in [-0.25, -0.2) is 4.79 Å². The highest BCUT2D eigenvalue weighted by atomic mass is 16.5. The molecule has 7 nitrogen and oxygen atoms in total. The molecule has 0 saturated carbocycles. The SMILES string of the molecule is N#Cc1cc(C(=O)OC2CCN(c3nncc4ccccc34)CC2)c[nH]1. The van der Waals surface area contributed by atoms with Gasteiger partial charge < -0.3 is 14.6 Å². The van der Waals surface area contributed by atoms with E-state index < -0.39 is 5.97 Å². The minimum absolute atomic E-state index is 0.137. The Morgan fingerprint density at radius 1 is 1.31 bits per heavy atom. The fourth-order valence-electron chi connectivity index (χ4n) is 3.23. The molecule has 26 heavy (non-hydrogen) atoms. The zero-order valence-electron chi connectivity index (χ0n) is 14.1. The van der Waals surface area contributed by atoms with Crippen LogP contribution in [0.5, 0.6) is 0 Å². The van der Waals surface area contributed by atoms with Crippen LogP contribution < -0.4 is 4.90 Å². The summed E-state index contributed by atoms with van der Waals surface area (Å²) in [6, 6.07) is 11.5. The first kappa shape index (κ1) is 16.1. The number of aromatic nitrogens is 3. The largest absolute Gasteiger partial charge is 0.459 e. The molecule has 1 fully saturated rings. The van der Waals surface area contributed by atoms with E-state index in [1.54, 1.807) is 6.20 Å². The second-order valence-electron chi connectivity index (χ2n) is 6.26. The third-order valence-electron chi connectivity index (χ3n) is 4.61. The maximum atomic E-state index is 12.2. The molecule has 0 spiro atoms. The maximum Gasteiger partial charge on any atom is 0.339 e. The highest BCUT2D eigenvalue weighted by molar-refractivity contribution is 5.91. The number of piperidine rings is 1. The van der Waals surface area contributed by atoms with Crippen molar-refractivity contribution in [3.63, 3.8) is 0 Å². The quantitative estimate of drug-likeness (QED) is 0.732. The number of H-pyrrole nitrogens is 1. The number of aromatic amines is 1. The van der Waals surface area contributed by atoms with E-state index in [4.69, 9.17) is 10.00 Å². The van der Waals surface area contributed by atoms with E-state index in [2.05, 4.69) is 20.1 Å². The van der Waals surface area contributed by atoms with Gasteiger partial charge in [-0.2, -0.15) is 10.4 Å². The van der Waals surface area contributed by atoms with E-state index >= 15 is 0 Å². The first-order valence-corrected chi connectivity index (χ1v) is 8.49. The van der Waals surface area contributed by atoms with Crippen molar-refractivity contribution in [2.45, 2.75) is 18.9 Å². The van der Waals surface area contributed by atoms with E-state index in [0.29, 0.717) is 11.3 Å². The van der Waals surface area contributed by atoms with Crippen LogP contribution in [0.25, 0.3) is 10.8 Å². The summed E-state index contributed by atoms with van der Waals surface area (Å²) in [5.41, 5.74) is 0.727. The second kappa shape index (κ2) is 6.84. The normalized spacial score (nSPS) is 15.0. The summed E-state index contributed by atoms with van der Waals surface area (Å²) in [5.74, 6) is 0.475. The number of benzene rings is 1. The molecule has 3 heterocycles. The molecule has 7 heteroatoms. The number of hydrogen-bond acceptors (Lipinski definition) is 6. The average molecular weight is 347 g/mol. The fraction of sp³-hybridized carbons (Fsp3) is 0.263. The lowest BCUT2D eigenvalue weighted by Crippen LogP contribution is -2.38. The van der Waals surface area contributed by atoms with Crippen molar-refractivity contribution in [3.05, 3.63) is 54.0 Å². The number of hydrogen-bond donors (Lipinski definition) is 1. The minimum atomic E-state index is -0.397. The average Bonchev–Trinajstić information content (AvgIpc) is 3.18. The molecule has 3 aromatic rings. The van der Waals surface area contributed by atoms with E-state index in [1.165, 1.54) is 12.3 Å². The fourth-order valence-corrected chi connectivity index (χ4v) is 3.23. The number of anilines is 1. The summed E-state index contributed by atoms with van der Waals surface area (Å²) in [5, 5.41) is 19.4. The molecule has 0 atom stereocenters. The number of rotatable bonds is 3. The Hall–Kier alpha value is -3.40. The van der Waals surface area contributed by atoms with Crippen molar-refractivity contribution in [1.29, 1.82) is 5.26 Å². The van der Waals surface area contributed by atoms with Crippen molar-refractivity contribution in [2.24, 2.45) is 0 Å². The smallest absolute Gasteiger partial charge is 0.339 e. The molecule has 130 valence electrons. The molecule has 1 aromatic carbocycles. The van der Waals surface area contributed by atoms with E-state index in [1.807, 2.05) is 30.3 Å². The Morgan fingerprint density at radius 3 is 2.88 bits per heavy atom. The van der Waals surface area contributed by atoms with Gasteiger partial charge in [0.1, 0.15) is 17.9 Å². The van der Waals surface area contributed by atoms with E-state index in [0.717, 1.165) is 42.5 Å². The van der Waals surface area contributed by atoms with E-state index in [-0.39, 0.29) is 6.10 Å². The van der Waals surface area contributed by atoms with Gasteiger partial charge >= 0.3 is 5.97 Å². The third-order valence-corrected chi connectivity index (χ3v) is 4.61. The second-order valence-corrected chi connectivity index (χ2v) is 6.26. The summed E-state index contributed by atoms with van der Waals surface area (Å²) in [6.45, 7) is 1.49. The van der Waals surface area contributed by atoms with Crippen LogP contribution >= 0.6 is 0 Å². The van der Waals surface area contributed by atoms with Crippen LogP contribution in [-0.4, -0.2) is 40.3 Å². The summed E-state index contributed by atoms with van der Waals surface area (Å²) in [4.78, 5) is 17.1. The highest BCUT2D eigenvalue weighted by Gasteiger charge is 2.25. The molecule has 0 amide bonds. The molecule has 1 saturated heterocycles. The Balaban J connectivity index is 1.41. The standard InChI is InChI=1S/C19H17N5O2/c20-10-15-9-14(11-21-15)19(25)26-16-5-7-24(8-6-16)18-17-4-2-1-3-13(17)12-22-23-18/h1-4,9,11-12,16,21H,5-8H2. The van der Waals surface area contributed by atoms with E-state index in [9.17, 15) is 4.79 Å². The van der Waals surface area contributed by atoms with Gasteiger partial charge in [0.05, 0.1) is 11.8 Å². The predicted octanol–water partition coefficient (Wildman–Crippen LogP) is 2.66. The van der Waals surface area contributed by atoms with Crippen molar-refractivity contribution in [3.8, 4) is 6.07 Å². The number of esters is 1. The number of nitriles is 1. The number of ether oxygens (including phenoxy) is 1. The van der Waals surface area contributed by atoms with Crippen LogP contribution in [0, 0.1) is 11.3 Å². The molecule has 0 unspecified atom stereocenters. The van der Waals surface area contributed by atoms with Gasteiger partial charge in [0.2, 0.25) is 0 Å². The Labute approximate surface area is 150 Å². The predicted molar refractivity (Wildman–Crippen MR) is 95.7 cm³/mol. The van der Waals surface area contributed by atoms with Crippen molar-refractivity contribution >= 4 is 22.6 Å². The minimum Gasteiger partial charge on any atom is -0.459 e. The molecule has 0 aliphatic carbocycles. The van der Waals surface area contributed by atoms with Crippen LogP contribution in [0.1, 0.15) is 28.9 Å². The van der Waals surface area contributed by atoms with Gasteiger partial charge in [-0.15, -0.1) is 5.10 Å². The number of carbonyl (C=O) groups excluding carboxylic acids is 1. The molecule has 1 aliphatic heterocycles. The molecule has 0 radical (unpaired) electrons. The number of carbonyl (C=O) groups is 1. The van der Waals surface area contributed by atoms with Crippen LogP contribution in [0.4, 0.5) is 5.82 Å². The topological polar surface area (TPSA) is 94.9 Å². The lowest BCUT2D eigenvalue weighted by molar-refractivity contribution is 0.0245. The van der Waals surface area contributed by atoms with Crippen molar-refractivity contribution < 1.29 is 9.53 Å². The molecule has 1 aliphatic rings. The molecule has 2 aromatic heterocycles. The van der Waals surface area contributed by atoms with Gasteiger partial charge in [0.15, 0.2) is 5.82 Å². The summed E-state index contributed by atoms with van der Waals surface area (Å²) >= 11 is 0. The summed E-state index contributed by atoms with van der Waals surface area (Å²) in [6.07, 6.45) is 4.59. The first-order chi connectivity index (χ1) is 12.7. The molecular weight excluding hydrogens is 330 g/mol. The highest BCUT2D eigenvalue weighted by Crippen LogP contribution is 2.26. The molecule has 0 bridgehead atoms. The zero-order chi connectivity index (χ0) is 17.9. The van der Waals surface area contributed by atoms with Crippen LogP contribution in [0.3, 0.4) is 0 Å². The summed E-state index contributed by atoms with van der Waals surface area (Å²) in [7, 11) is 0. The first-order valence-electron chi connectivity index (χ1n) is 8.49. The van der Waals surface area contributed by atoms with Crippen LogP contribution in [0.2, 0.25) is 0 Å². The molecule has 1 N–H and O–H groups in total. The van der Waals surface area contributed by atoms with Gasteiger partial charge in [-0.3, -0.25) is 0 Å². The van der Waals surface area contributed by atoms with Crippen LogP contribution in [-0.2, 0) is 4.74 Å². The lowest BCUT2D eigenvalue weighted by Gasteiger charge is -2.32. The van der Waals surface area contributed by atoms with Crippen molar-refractivity contribution in [2.75, 3.05) is 18.0 Å². The Bertz CT molecular complexity index is 978. The summed E-state index contributed by atoms with van der Waals surface area (Å²) < 4.78 is 5.58. The number of nitrogens with zero attached hydrogens (tertiary/aromatic N) is 4. The zero-order valence-corrected chi connectivity index (χ0v) is 14.1. The third kappa shape index (κ3) is 3.09. The van der Waals surface area contributed by atoms with Gasteiger partial charge in [0.25, 0.3) is 0 Å². The Morgan fingerprint density at radius 2 is 2.12 bits per heavy atom. The molecular formula is C19H17N5O2. The number of fused-ring (bicyclic) bond motifs is 1. The van der Waals surface area contributed by atoms with Gasteiger partial charge in [0, 0.05) is 42.9 Å². The van der Waals surface area contributed by atoms with Gasteiger partial charge in [-0.05, 0) is 6.07 Å². The molecule has 4 rings (SSSR count). The monoisotopic (exact) mass is 347 g/mol. The van der Waals surface area contributed by atoms with Crippen molar-refractivity contribution in [1.82, 2.24) is 15.2 Å². The van der Waals surface area contributed by atoms with Crippen LogP contribution in [0.15, 0.2) is 42.7 Å². The lowest BCUT2D eigenvalue weighted by atomic mass is 10.1. The maximum absolute atomic E-state index is 12.2. The Kier molecular flexibility index (Phi) is 4.23. The number of nitrogens with one attached hydrogen (secondary N) is 1. The van der Waals surface area contributed by atoms with Gasteiger partial charge in [-0.1, -0.05) is 24.3 Å².